The molecule has 2 aliphatic rings. The van der Waals surface area contributed by atoms with Crippen molar-refractivity contribution in [3.05, 3.63) is 47.4 Å². The summed E-state index contributed by atoms with van der Waals surface area (Å²) in [5.41, 5.74) is 3.55. The van der Waals surface area contributed by atoms with Crippen LogP contribution >= 0.6 is 0 Å². The van der Waals surface area contributed by atoms with Crippen molar-refractivity contribution in [2.45, 2.75) is 49.7 Å². The maximum absolute atomic E-state index is 12.2. The lowest BCUT2D eigenvalue weighted by molar-refractivity contribution is -0.0350. The molecule has 0 unspecified atom stereocenters. The van der Waals surface area contributed by atoms with E-state index in [1.165, 1.54) is 0 Å². The van der Waals surface area contributed by atoms with Crippen molar-refractivity contribution >= 4 is 26.6 Å². The minimum Gasteiger partial charge on any atom is -0.370 e. The number of pyridine rings is 1. The number of aromatic nitrogens is 3. The number of nitrogens with zero attached hydrogens (tertiary/aromatic N) is 6. The fraction of sp³-hybridized carbons (Fsp3) is 0.500. The summed E-state index contributed by atoms with van der Waals surface area (Å²) < 4.78 is 32.5. The van der Waals surface area contributed by atoms with E-state index in [0.29, 0.717) is 11.3 Å². The summed E-state index contributed by atoms with van der Waals surface area (Å²) in [5.74, 6) is 0.0935. The number of hydrogen-bond acceptors (Lipinski definition) is 8. The van der Waals surface area contributed by atoms with E-state index in [-0.39, 0.29) is 23.0 Å². The van der Waals surface area contributed by atoms with E-state index in [2.05, 4.69) is 32.9 Å². The highest BCUT2D eigenvalue weighted by Gasteiger charge is 2.33. The smallest absolute Gasteiger partial charge is 0.241 e. The van der Waals surface area contributed by atoms with Gasteiger partial charge >= 0.3 is 0 Å². The lowest BCUT2D eigenvalue weighted by Gasteiger charge is -2.41. The Morgan fingerprint density at radius 2 is 1.97 bits per heavy atom. The van der Waals surface area contributed by atoms with Gasteiger partial charge in [0.15, 0.2) is 0 Å². The predicted molar refractivity (Wildman–Crippen MR) is 141 cm³/mol. The number of anilines is 1. The fourth-order valence-electron chi connectivity index (χ4n) is 6.00. The summed E-state index contributed by atoms with van der Waals surface area (Å²) in [5, 5.41) is 20.3. The molecule has 5 rings (SSSR count). The molecule has 3 aromatic rings. The van der Waals surface area contributed by atoms with Crippen molar-refractivity contribution in [1.29, 1.82) is 5.26 Å². The monoisotopic (exact) mass is 523 g/mol. The molecule has 10 nitrogen and oxygen atoms in total. The lowest BCUT2D eigenvalue weighted by atomic mass is 9.93. The topological polar surface area (TPSA) is 130 Å². The second kappa shape index (κ2) is 10.0. The molecule has 0 amide bonds. The minimum atomic E-state index is -3.83. The van der Waals surface area contributed by atoms with Crippen molar-refractivity contribution < 1.29 is 13.2 Å². The van der Waals surface area contributed by atoms with Crippen molar-refractivity contribution in [1.82, 2.24) is 19.7 Å². The van der Waals surface area contributed by atoms with Crippen LogP contribution in [0, 0.1) is 18.3 Å². The largest absolute Gasteiger partial charge is 0.370 e. The Hall–Kier alpha value is -3.04. The number of benzene rings is 1. The first-order valence-electron chi connectivity index (χ1n) is 12.6. The highest BCUT2D eigenvalue weighted by atomic mass is 32.2. The van der Waals surface area contributed by atoms with Gasteiger partial charge in [0.2, 0.25) is 10.0 Å². The lowest BCUT2D eigenvalue weighted by Crippen LogP contribution is -2.51. The maximum atomic E-state index is 12.2. The van der Waals surface area contributed by atoms with E-state index < -0.39 is 10.0 Å². The number of hydrogen-bond donors (Lipinski definition) is 1. The minimum absolute atomic E-state index is 0.0293. The molecule has 0 aliphatic carbocycles. The summed E-state index contributed by atoms with van der Waals surface area (Å²) in [6.45, 7) is 7.79. The van der Waals surface area contributed by atoms with Crippen molar-refractivity contribution in [3.8, 4) is 6.07 Å². The van der Waals surface area contributed by atoms with Gasteiger partial charge in [0, 0.05) is 49.9 Å². The molecule has 0 bridgehead atoms. The van der Waals surface area contributed by atoms with Crippen LogP contribution in [-0.4, -0.2) is 73.0 Å². The Balaban J connectivity index is 1.28. The van der Waals surface area contributed by atoms with Crippen molar-refractivity contribution in [3.63, 3.8) is 0 Å². The van der Waals surface area contributed by atoms with Gasteiger partial charge in [0.25, 0.3) is 0 Å². The molecular weight excluding hydrogens is 490 g/mol. The number of likely N-dealkylation sites (tertiary alicyclic amines) is 1. The van der Waals surface area contributed by atoms with Gasteiger partial charge in [-0.15, -0.1) is 0 Å². The number of piperidine rings is 1. The molecule has 2 N–H and O–H groups in total. The molecule has 1 aromatic carbocycles. The number of morpholine rings is 1. The number of fused-ring (bicyclic) bond motifs is 1. The molecule has 2 atom stereocenters. The first-order valence-corrected chi connectivity index (χ1v) is 14.2. The fourth-order valence-corrected chi connectivity index (χ4v) is 7.04. The number of nitriles is 1. The molecule has 0 radical (unpaired) electrons. The Labute approximate surface area is 217 Å². The Kier molecular flexibility index (Phi) is 6.93. The maximum Gasteiger partial charge on any atom is 0.241 e. The first-order chi connectivity index (χ1) is 17.7. The van der Waals surface area contributed by atoms with Crippen LogP contribution in [-0.2, 0) is 21.8 Å². The standard InChI is InChI=1S/C26H33N7O3S/c1-17-14-33(23-7-6-20(13-27)24-22(23)5-4-10-29-24)16-21(36-17)15-32-11-8-19(9-12-32)25-26(37(28,34)35)18(2)30-31(25)3/h4-7,10,17,19,21H,8-9,11-12,14-16H2,1-3H3,(H2,28,34,35)/t17-,21+/m1/s1. The average Bonchev–Trinajstić information content (AvgIpc) is 3.17. The molecule has 4 heterocycles. The Morgan fingerprint density at radius 3 is 2.68 bits per heavy atom. The highest BCUT2D eigenvalue weighted by Crippen LogP contribution is 2.34. The number of rotatable bonds is 5. The normalized spacial score (nSPS) is 21.9. The van der Waals surface area contributed by atoms with E-state index in [9.17, 15) is 13.7 Å². The van der Waals surface area contributed by atoms with E-state index in [4.69, 9.17) is 9.88 Å². The number of sulfonamides is 1. The third-order valence-corrected chi connectivity index (χ3v) is 8.54. The van der Waals surface area contributed by atoms with Crippen LogP contribution in [0.1, 0.15) is 42.6 Å². The zero-order valence-electron chi connectivity index (χ0n) is 21.5. The van der Waals surface area contributed by atoms with E-state index in [1.54, 1.807) is 24.9 Å². The third kappa shape index (κ3) is 5.07. The summed E-state index contributed by atoms with van der Waals surface area (Å²) >= 11 is 0. The average molecular weight is 524 g/mol. The molecule has 2 fully saturated rings. The molecule has 11 heteroatoms. The zero-order valence-corrected chi connectivity index (χ0v) is 22.3. The van der Waals surface area contributed by atoms with Gasteiger partial charge in [-0.25, -0.2) is 13.6 Å². The zero-order chi connectivity index (χ0) is 26.3. The van der Waals surface area contributed by atoms with E-state index in [1.807, 2.05) is 24.3 Å². The molecule has 0 spiro atoms. The number of primary sulfonamides is 1. The van der Waals surface area contributed by atoms with Gasteiger partial charge in [-0.2, -0.15) is 10.4 Å². The number of nitrogens with two attached hydrogens (primary N) is 1. The van der Waals surface area contributed by atoms with Crippen LogP contribution in [0.15, 0.2) is 35.4 Å². The third-order valence-electron chi connectivity index (χ3n) is 7.46. The van der Waals surface area contributed by atoms with Crippen LogP contribution in [0.5, 0.6) is 0 Å². The van der Waals surface area contributed by atoms with Crippen LogP contribution in [0.2, 0.25) is 0 Å². The summed E-state index contributed by atoms with van der Waals surface area (Å²) in [6, 6.07) is 10.0. The first kappa shape index (κ1) is 25.6. The SMILES string of the molecule is Cc1nn(C)c(C2CCN(C[C@H]3CN(c4ccc(C#N)c5ncccc45)C[C@@H](C)O3)CC2)c1S(N)(=O)=O. The Morgan fingerprint density at radius 1 is 1.22 bits per heavy atom. The van der Waals surface area contributed by atoms with Crippen LogP contribution in [0.3, 0.4) is 0 Å². The Bertz CT molecular complexity index is 1450. The van der Waals surface area contributed by atoms with Gasteiger partial charge in [0.1, 0.15) is 11.0 Å². The summed E-state index contributed by atoms with van der Waals surface area (Å²) in [6.07, 6.45) is 3.48. The second-order valence-electron chi connectivity index (χ2n) is 10.2. The van der Waals surface area contributed by atoms with Crippen LogP contribution in [0.4, 0.5) is 5.69 Å². The van der Waals surface area contributed by atoms with Gasteiger partial charge in [-0.3, -0.25) is 9.67 Å². The highest BCUT2D eigenvalue weighted by molar-refractivity contribution is 7.89. The molecule has 37 heavy (non-hydrogen) atoms. The summed E-state index contributed by atoms with van der Waals surface area (Å²) in [4.78, 5) is 9.38. The molecule has 2 aromatic heterocycles. The molecular formula is C26H33N7O3S. The van der Waals surface area contributed by atoms with Crippen molar-refractivity contribution in [2.24, 2.45) is 12.2 Å². The molecule has 2 aliphatic heterocycles. The molecule has 2 saturated heterocycles. The second-order valence-corrected chi connectivity index (χ2v) is 11.7. The van der Waals surface area contributed by atoms with Gasteiger partial charge < -0.3 is 14.5 Å². The van der Waals surface area contributed by atoms with E-state index in [0.717, 1.165) is 67.8 Å². The van der Waals surface area contributed by atoms with Crippen molar-refractivity contribution in [2.75, 3.05) is 37.6 Å². The number of ether oxygens (including phenoxy) is 1. The quantitative estimate of drug-likeness (QED) is 0.539. The predicted octanol–water partition coefficient (Wildman–Crippen LogP) is 2.27. The van der Waals surface area contributed by atoms with Gasteiger partial charge in [0.05, 0.1) is 34.7 Å². The van der Waals surface area contributed by atoms with E-state index >= 15 is 0 Å². The number of aryl methyl sites for hydroxylation is 2. The summed E-state index contributed by atoms with van der Waals surface area (Å²) in [7, 11) is -2.04. The van der Waals surface area contributed by atoms with Crippen LogP contribution < -0.4 is 10.0 Å². The van der Waals surface area contributed by atoms with Gasteiger partial charge in [-0.1, -0.05) is 0 Å². The molecule has 0 saturated carbocycles. The molecule has 196 valence electrons. The van der Waals surface area contributed by atoms with Gasteiger partial charge in [-0.05, 0) is 64.0 Å². The van der Waals surface area contributed by atoms with Crippen LogP contribution in [0.25, 0.3) is 10.9 Å².